The van der Waals surface area contributed by atoms with E-state index in [1.165, 1.54) is 32.4 Å². The highest BCUT2D eigenvalue weighted by Gasteiger charge is 2.16. The number of anilines is 1. The first-order valence-electron chi connectivity index (χ1n) is 7.73. The molecule has 112 valence electrons. The van der Waals surface area contributed by atoms with E-state index in [2.05, 4.69) is 34.0 Å². The number of aromatic nitrogens is 2. The van der Waals surface area contributed by atoms with E-state index in [4.69, 9.17) is 4.74 Å². The minimum absolute atomic E-state index is 0.513. The fourth-order valence-corrected chi connectivity index (χ4v) is 2.44. The molecular weight excluding hydrogens is 252 g/mol. The lowest BCUT2D eigenvalue weighted by Crippen LogP contribution is -2.41. The monoisotopic (exact) mass is 278 g/mol. The molecule has 5 nitrogen and oxygen atoms in total. The number of piperidine rings is 1. The van der Waals surface area contributed by atoms with Gasteiger partial charge in [-0.3, -0.25) is 4.90 Å². The van der Waals surface area contributed by atoms with Gasteiger partial charge in [0, 0.05) is 24.8 Å². The summed E-state index contributed by atoms with van der Waals surface area (Å²) in [5, 5.41) is 3.31. The zero-order valence-electron chi connectivity index (χ0n) is 12.6. The van der Waals surface area contributed by atoms with Crippen molar-refractivity contribution in [2.45, 2.75) is 45.6 Å². The Morgan fingerprint density at radius 2 is 2.15 bits per heavy atom. The highest BCUT2D eigenvalue weighted by molar-refractivity contribution is 5.27. The topological polar surface area (TPSA) is 50.3 Å². The molecule has 1 aliphatic heterocycles. The third-order valence-electron chi connectivity index (χ3n) is 3.65. The molecule has 20 heavy (non-hydrogen) atoms. The first-order chi connectivity index (χ1) is 9.79. The van der Waals surface area contributed by atoms with E-state index in [1.807, 2.05) is 0 Å². The number of likely N-dealkylation sites (tertiary alicyclic amines) is 1. The molecule has 0 saturated carbocycles. The lowest BCUT2D eigenvalue weighted by Gasteiger charge is -2.32. The third-order valence-corrected chi connectivity index (χ3v) is 3.65. The van der Waals surface area contributed by atoms with Crippen molar-refractivity contribution >= 4 is 5.95 Å². The standard InChI is InChI=1S/C15H26N4O/c1-3-11-20-14-7-8-16-15(18-14)17-12-13(2)19-9-5-4-6-10-19/h7-8,13H,3-6,9-12H2,1-2H3,(H,16,17,18). The van der Waals surface area contributed by atoms with Crippen LogP contribution in [0, 0.1) is 0 Å². The second-order valence-electron chi connectivity index (χ2n) is 5.39. The SMILES string of the molecule is CCCOc1ccnc(NCC(C)N2CCCCC2)n1. The molecular formula is C15H26N4O. The van der Waals surface area contributed by atoms with Crippen LogP contribution >= 0.6 is 0 Å². The van der Waals surface area contributed by atoms with Crippen LogP contribution in [0.2, 0.25) is 0 Å². The van der Waals surface area contributed by atoms with Gasteiger partial charge in [0.1, 0.15) is 0 Å². The predicted octanol–water partition coefficient (Wildman–Crippen LogP) is 2.55. The Bertz CT molecular complexity index is 393. The van der Waals surface area contributed by atoms with Crippen molar-refractivity contribution in [3.63, 3.8) is 0 Å². The number of nitrogens with one attached hydrogen (secondary N) is 1. The second-order valence-corrected chi connectivity index (χ2v) is 5.39. The van der Waals surface area contributed by atoms with E-state index in [9.17, 15) is 0 Å². The summed E-state index contributed by atoms with van der Waals surface area (Å²) in [7, 11) is 0. The summed E-state index contributed by atoms with van der Waals surface area (Å²) in [5.74, 6) is 1.30. The van der Waals surface area contributed by atoms with Gasteiger partial charge in [0.15, 0.2) is 0 Å². The van der Waals surface area contributed by atoms with Crippen molar-refractivity contribution in [3.05, 3.63) is 12.3 Å². The van der Waals surface area contributed by atoms with Gasteiger partial charge in [-0.15, -0.1) is 0 Å². The second kappa shape index (κ2) is 8.04. The molecule has 1 aliphatic rings. The van der Waals surface area contributed by atoms with E-state index in [0.717, 1.165) is 13.0 Å². The molecule has 1 unspecified atom stereocenters. The van der Waals surface area contributed by atoms with Crippen LogP contribution in [0.1, 0.15) is 39.5 Å². The van der Waals surface area contributed by atoms with E-state index in [1.54, 1.807) is 12.3 Å². The number of rotatable bonds is 7. The van der Waals surface area contributed by atoms with Gasteiger partial charge < -0.3 is 10.1 Å². The minimum atomic E-state index is 0.513. The number of nitrogens with zero attached hydrogens (tertiary/aromatic N) is 3. The molecule has 0 amide bonds. The molecule has 2 heterocycles. The lowest BCUT2D eigenvalue weighted by atomic mass is 10.1. The van der Waals surface area contributed by atoms with E-state index in [-0.39, 0.29) is 0 Å². The molecule has 1 fully saturated rings. The Balaban J connectivity index is 1.80. The fourth-order valence-electron chi connectivity index (χ4n) is 2.44. The summed E-state index contributed by atoms with van der Waals surface area (Å²) in [6.45, 7) is 8.33. The van der Waals surface area contributed by atoms with Gasteiger partial charge in [-0.1, -0.05) is 13.3 Å². The third kappa shape index (κ3) is 4.63. The molecule has 0 spiro atoms. The molecule has 0 aliphatic carbocycles. The smallest absolute Gasteiger partial charge is 0.225 e. The van der Waals surface area contributed by atoms with Gasteiger partial charge in [-0.25, -0.2) is 4.98 Å². The van der Waals surface area contributed by atoms with Gasteiger partial charge in [0.2, 0.25) is 11.8 Å². The van der Waals surface area contributed by atoms with Crippen molar-refractivity contribution < 1.29 is 4.74 Å². The van der Waals surface area contributed by atoms with Gasteiger partial charge in [-0.05, 0) is 39.3 Å². The summed E-state index contributed by atoms with van der Waals surface area (Å²) in [6, 6.07) is 2.31. The predicted molar refractivity (Wildman–Crippen MR) is 81.2 cm³/mol. The number of hydrogen-bond acceptors (Lipinski definition) is 5. The van der Waals surface area contributed by atoms with Crippen LogP contribution in [0.5, 0.6) is 5.88 Å². The number of ether oxygens (including phenoxy) is 1. The highest BCUT2D eigenvalue weighted by Crippen LogP contribution is 2.13. The van der Waals surface area contributed by atoms with Gasteiger partial charge in [-0.2, -0.15) is 4.98 Å². The molecule has 0 radical (unpaired) electrons. The zero-order valence-corrected chi connectivity index (χ0v) is 12.6. The molecule has 2 rings (SSSR count). The van der Waals surface area contributed by atoms with Crippen LogP contribution in [-0.4, -0.2) is 47.2 Å². The Hall–Kier alpha value is -1.36. The first-order valence-corrected chi connectivity index (χ1v) is 7.73. The maximum absolute atomic E-state index is 5.52. The van der Waals surface area contributed by atoms with Crippen LogP contribution in [-0.2, 0) is 0 Å². The van der Waals surface area contributed by atoms with Crippen molar-refractivity contribution in [1.82, 2.24) is 14.9 Å². The van der Waals surface area contributed by atoms with Crippen molar-refractivity contribution in [2.24, 2.45) is 0 Å². The molecule has 0 bridgehead atoms. The zero-order chi connectivity index (χ0) is 14.2. The molecule has 1 aromatic heterocycles. The molecule has 0 aromatic carbocycles. The van der Waals surface area contributed by atoms with Crippen LogP contribution in [0.4, 0.5) is 5.95 Å². The van der Waals surface area contributed by atoms with Crippen molar-refractivity contribution in [3.8, 4) is 5.88 Å². The highest BCUT2D eigenvalue weighted by atomic mass is 16.5. The van der Waals surface area contributed by atoms with Crippen LogP contribution in [0.3, 0.4) is 0 Å². The average molecular weight is 278 g/mol. The normalized spacial score (nSPS) is 17.7. The van der Waals surface area contributed by atoms with Crippen molar-refractivity contribution in [1.29, 1.82) is 0 Å². The quantitative estimate of drug-likeness (QED) is 0.830. The van der Waals surface area contributed by atoms with E-state index >= 15 is 0 Å². The van der Waals surface area contributed by atoms with E-state index < -0.39 is 0 Å². The minimum Gasteiger partial charge on any atom is -0.478 e. The molecule has 1 N–H and O–H groups in total. The molecule has 1 atom stereocenters. The Morgan fingerprint density at radius 1 is 1.35 bits per heavy atom. The molecule has 1 saturated heterocycles. The lowest BCUT2D eigenvalue weighted by molar-refractivity contribution is 0.180. The van der Waals surface area contributed by atoms with Crippen molar-refractivity contribution in [2.75, 3.05) is 31.6 Å². The largest absolute Gasteiger partial charge is 0.478 e. The van der Waals surface area contributed by atoms with Gasteiger partial charge >= 0.3 is 0 Å². The summed E-state index contributed by atoms with van der Waals surface area (Å²) < 4.78 is 5.52. The fraction of sp³-hybridized carbons (Fsp3) is 0.733. The molecule has 5 heteroatoms. The maximum Gasteiger partial charge on any atom is 0.225 e. The van der Waals surface area contributed by atoms with Crippen LogP contribution in [0.15, 0.2) is 12.3 Å². The maximum atomic E-state index is 5.52. The van der Waals surface area contributed by atoms with Crippen LogP contribution < -0.4 is 10.1 Å². The summed E-state index contributed by atoms with van der Waals surface area (Å²) in [5.41, 5.74) is 0. The summed E-state index contributed by atoms with van der Waals surface area (Å²) >= 11 is 0. The Kier molecular flexibility index (Phi) is 6.05. The summed E-state index contributed by atoms with van der Waals surface area (Å²) in [6.07, 6.45) is 6.74. The Labute approximate surface area is 121 Å². The number of hydrogen-bond donors (Lipinski definition) is 1. The van der Waals surface area contributed by atoms with Gasteiger partial charge in [0.05, 0.1) is 6.61 Å². The Morgan fingerprint density at radius 3 is 2.90 bits per heavy atom. The van der Waals surface area contributed by atoms with E-state index in [0.29, 0.717) is 24.5 Å². The summed E-state index contributed by atoms with van der Waals surface area (Å²) in [4.78, 5) is 11.1. The van der Waals surface area contributed by atoms with Crippen LogP contribution in [0.25, 0.3) is 0 Å². The first kappa shape index (κ1) is 15.0. The van der Waals surface area contributed by atoms with Gasteiger partial charge in [0.25, 0.3) is 0 Å². The average Bonchev–Trinajstić information content (AvgIpc) is 2.52. The molecule has 1 aromatic rings.